The van der Waals surface area contributed by atoms with Gasteiger partial charge in [-0.2, -0.15) is 0 Å². The Hall–Kier alpha value is -2.12. The minimum Gasteiger partial charge on any atom is -0.355 e. The predicted molar refractivity (Wildman–Crippen MR) is 117 cm³/mol. The first-order chi connectivity index (χ1) is 13.7. The molecule has 0 unspecified atom stereocenters. The summed E-state index contributed by atoms with van der Waals surface area (Å²) in [6.07, 6.45) is 6.69. The molecule has 5 nitrogen and oxygen atoms in total. The van der Waals surface area contributed by atoms with Crippen LogP contribution in [0.2, 0.25) is 0 Å². The van der Waals surface area contributed by atoms with Gasteiger partial charge in [-0.3, -0.25) is 4.79 Å². The predicted octanol–water partition coefficient (Wildman–Crippen LogP) is 3.99. The number of fused-ring (bicyclic) bond motifs is 1. The minimum absolute atomic E-state index is 0.0209. The van der Waals surface area contributed by atoms with Crippen molar-refractivity contribution in [1.29, 1.82) is 0 Å². The zero-order chi connectivity index (χ0) is 19.3. The quantitative estimate of drug-likeness (QED) is 0.621. The zero-order valence-electron chi connectivity index (χ0n) is 15.9. The van der Waals surface area contributed by atoms with Crippen molar-refractivity contribution in [3.63, 3.8) is 0 Å². The van der Waals surface area contributed by atoms with E-state index in [0.29, 0.717) is 6.54 Å². The summed E-state index contributed by atoms with van der Waals surface area (Å²) < 4.78 is 0. The maximum atomic E-state index is 12.7. The summed E-state index contributed by atoms with van der Waals surface area (Å²) in [5, 5.41) is 4.10. The van der Waals surface area contributed by atoms with E-state index >= 15 is 0 Å². The van der Waals surface area contributed by atoms with Crippen LogP contribution in [0.25, 0.3) is 10.3 Å². The molecule has 28 heavy (non-hydrogen) atoms. The molecule has 1 aromatic carbocycles. The molecule has 4 rings (SSSR count). The zero-order valence-corrected chi connectivity index (χ0v) is 17.6. The average Bonchev–Trinajstić information content (AvgIpc) is 3.19. The molecule has 7 heteroatoms. The van der Waals surface area contributed by atoms with Crippen LogP contribution >= 0.6 is 23.1 Å². The fourth-order valence-corrected chi connectivity index (χ4v) is 4.88. The van der Waals surface area contributed by atoms with Gasteiger partial charge in [-0.15, -0.1) is 11.8 Å². The number of nitrogens with one attached hydrogen (secondary N) is 1. The number of carbonyl (C=O) groups excluding carboxylic acids is 1. The second kappa shape index (κ2) is 8.92. The molecular formula is C21H24N4OS2. The number of anilines is 1. The van der Waals surface area contributed by atoms with Crippen molar-refractivity contribution in [2.24, 2.45) is 5.92 Å². The van der Waals surface area contributed by atoms with Gasteiger partial charge in [-0.05, 0) is 55.3 Å². The van der Waals surface area contributed by atoms with Crippen LogP contribution in [-0.2, 0) is 11.2 Å². The van der Waals surface area contributed by atoms with Crippen LogP contribution in [0.15, 0.2) is 47.5 Å². The number of thiazole rings is 1. The van der Waals surface area contributed by atoms with Gasteiger partial charge in [0, 0.05) is 30.7 Å². The van der Waals surface area contributed by atoms with Crippen LogP contribution in [0.5, 0.6) is 0 Å². The minimum atomic E-state index is 0.0209. The lowest BCUT2D eigenvalue weighted by atomic mass is 9.97. The van der Waals surface area contributed by atoms with Gasteiger partial charge in [0.25, 0.3) is 0 Å². The van der Waals surface area contributed by atoms with E-state index in [2.05, 4.69) is 45.7 Å². The van der Waals surface area contributed by atoms with Crippen molar-refractivity contribution in [1.82, 2.24) is 15.3 Å². The van der Waals surface area contributed by atoms with E-state index in [1.807, 2.05) is 12.1 Å². The fourth-order valence-electron chi connectivity index (χ4n) is 3.53. The monoisotopic (exact) mass is 412 g/mol. The Labute approximate surface area is 173 Å². The van der Waals surface area contributed by atoms with Crippen molar-refractivity contribution >= 4 is 44.5 Å². The summed E-state index contributed by atoms with van der Waals surface area (Å²) in [6.45, 7) is 2.36. The Morgan fingerprint density at radius 2 is 2.18 bits per heavy atom. The highest BCUT2D eigenvalue weighted by molar-refractivity contribution is 7.98. The van der Waals surface area contributed by atoms with Crippen LogP contribution in [0.3, 0.4) is 0 Å². The van der Waals surface area contributed by atoms with Gasteiger partial charge >= 0.3 is 0 Å². The molecule has 1 saturated heterocycles. The summed E-state index contributed by atoms with van der Waals surface area (Å²) in [4.78, 5) is 26.2. The molecule has 1 fully saturated rings. The van der Waals surface area contributed by atoms with E-state index in [1.165, 1.54) is 10.5 Å². The van der Waals surface area contributed by atoms with Gasteiger partial charge in [-0.1, -0.05) is 23.5 Å². The molecule has 146 valence electrons. The molecule has 3 heterocycles. The van der Waals surface area contributed by atoms with Gasteiger partial charge in [0.2, 0.25) is 5.91 Å². The van der Waals surface area contributed by atoms with Crippen molar-refractivity contribution < 1.29 is 4.79 Å². The van der Waals surface area contributed by atoms with E-state index in [9.17, 15) is 4.79 Å². The number of pyridine rings is 1. The van der Waals surface area contributed by atoms with E-state index in [-0.39, 0.29) is 11.8 Å². The van der Waals surface area contributed by atoms with Gasteiger partial charge in [-0.25, -0.2) is 9.97 Å². The number of hydrogen-bond donors (Lipinski definition) is 1. The van der Waals surface area contributed by atoms with Crippen molar-refractivity contribution in [3.8, 4) is 0 Å². The van der Waals surface area contributed by atoms with E-state index in [0.717, 1.165) is 47.8 Å². The average molecular weight is 413 g/mol. The molecule has 1 aliphatic heterocycles. The number of amides is 1. The van der Waals surface area contributed by atoms with Crippen LogP contribution in [-0.4, -0.2) is 41.8 Å². The molecule has 0 radical (unpaired) electrons. The topological polar surface area (TPSA) is 58.1 Å². The van der Waals surface area contributed by atoms with Gasteiger partial charge in [0.15, 0.2) is 5.13 Å². The lowest BCUT2D eigenvalue weighted by molar-refractivity contribution is -0.125. The summed E-state index contributed by atoms with van der Waals surface area (Å²) in [5.74, 6) is 0.178. The van der Waals surface area contributed by atoms with E-state index in [1.54, 1.807) is 29.3 Å². The molecule has 1 aliphatic rings. The number of rotatable bonds is 6. The third kappa shape index (κ3) is 4.47. The number of piperidine rings is 1. The Morgan fingerprint density at radius 1 is 1.32 bits per heavy atom. The third-order valence-corrected chi connectivity index (χ3v) is 6.87. The molecule has 1 amide bonds. The highest BCUT2D eigenvalue weighted by Crippen LogP contribution is 2.30. The summed E-state index contributed by atoms with van der Waals surface area (Å²) >= 11 is 3.35. The highest BCUT2D eigenvalue weighted by atomic mass is 32.2. The first-order valence-corrected chi connectivity index (χ1v) is 11.6. The van der Waals surface area contributed by atoms with Crippen LogP contribution in [0.1, 0.15) is 18.4 Å². The van der Waals surface area contributed by atoms with Crippen molar-refractivity contribution in [2.45, 2.75) is 24.2 Å². The number of thioether (sulfide) groups is 1. The second-order valence-corrected chi connectivity index (χ2v) is 8.83. The SMILES string of the molecule is CSc1ccc(CCNC(=O)[C@@H]2CCCN(c3nc4cccnc4s3)C2)cc1. The number of nitrogens with zero attached hydrogens (tertiary/aromatic N) is 3. The van der Waals surface area contributed by atoms with Crippen LogP contribution in [0.4, 0.5) is 5.13 Å². The maximum absolute atomic E-state index is 12.7. The lowest BCUT2D eigenvalue weighted by Crippen LogP contribution is -2.43. The Morgan fingerprint density at radius 3 is 2.96 bits per heavy atom. The van der Waals surface area contributed by atoms with E-state index in [4.69, 9.17) is 4.98 Å². The Kier molecular flexibility index (Phi) is 6.12. The Bertz CT molecular complexity index is 908. The number of carbonyl (C=O) groups is 1. The number of benzene rings is 1. The van der Waals surface area contributed by atoms with Crippen LogP contribution < -0.4 is 10.2 Å². The Balaban J connectivity index is 1.31. The molecule has 1 atom stereocenters. The number of aromatic nitrogens is 2. The molecule has 0 saturated carbocycles. The smallest absolute Gasteiger partial charge is 0.224 e. The molecule has 0 aliphatic carbocycles. The lowest BCUT2D eigenvalue weighted by Gasteiger charge is -2.31. The van der Waals surface area contributed by atoms with Gasteiger partial charge < -0.3 is 10.2 Å². The highest BCUT2D eigenvalue weighted by Gasteiger charge is 2.27. The maximum Gasteiger partial charge on any atom is 0.224 e. The summed E-state index contributed by atoms with van der Waals surface area (Å²) in [6, 6.07) is 12.4. The summed E-state index contributed by atoms with van der Waals surface area (Å²) in [7, 11) is 0. The van der Waals surface area contributed by atoms with Crippen LogP contribution in [0, 0.1) is 5.92 Å². The first-order valence-electron chi connectivity index (χ1n) is 9.60. The summed E-state index contributed by atoms with van der Waals surface area (Å²) in [5.41, 5.74) is 2.19. The van der Waals surface area contributed by atoms with Crippen molar-refractivity contribution in [2.75, 3.05) is 30.8 Å². The molecule has 3 aromatic rings. The second-order valence-electron chi connectivity index (χ2n) is 7.00. The van der Waals surface area contributed by atoms with Gasteiger partial charge in [0.1, 0.15) is 10.3 Å². The van der Waals surface area contributed by atoms with Gasteiger partial charge in [0.05, 0.1) is 5.92 Å². The van der Waals surface area contributed by atoms with Crippen molar-refractivity contribution in [3.05, 3.63) is 48.2 Å². The molecular weight excluding hydrogens is 388 g/mol. The first kappa shape index (κ1) is 19.2. The van der Waals surface area contributed by atoms with E-state index < -0.39 is 0 Å². The standard InChI is InChI=1S/C21H24N4OS2/c1-27-17-8-6-15(7-9-17)10-12-22-19(26)16-4-3-13-25(14-16)21-24-18-5-2-11-23-20(18)28-21/h2,5-9,11,16H,3-4,10,12-14H2,1H3,(H,22,26)/t16-/m1/s1. The third-order valence-electron chi connectivity index (χ3n) is 5.09. The molecule has 0 bridgehead atoms. The fraction of sp³-hybridized carbons (Fsp3) is 0.381. The number of hydrogen-bond acceptors (Lipinski definition) is 6. The molecule has 1 N–H and O–H groups in total. The largest absolute Gasteiger partial charge is 0.355 e. The molecule has 2 aromatic heterocycles. The normalized spacial score (nSPS) is 17.0. The molecule has 0 spiro atoms.